The highest BCUT2D eigenvalue weighted by atomic mass is 32.2. The lowest BCUT2D eigenvalue weighted by atomic mass is 10.3. The van der Waals surface area contributed by atoms with Crippen LogP contribution in [0.4, 0.5) is 5.13 Å². The number of nitrogen functional groups attached to an aromatic ring is 1. The number of sulfonamides is 1. The smallest absolute Gasteiger partial charge is 0.250 e. The number of nitrogens with two attached hydrogens (primary N) is 1. The van der Waals surface area contributed by atoms with E-state index in [1.807, 2.05) is 0 Å². The van der Waals surface area contributed by atoms with Crippen molar-refractivity contribution in [3.05, 3.63) is 22.5 Å². The molecule has 0 aromatic carbocycles. The number of hydrogen-bond donors (Lipinski definition) is 3. The van der Waals surface area contributed by atoms with Gasteiger partial charge in [0.15, 0.2) is 0 Å². The van der Waals surface area contributed by atoms with Crippen LogP contribution in [0, 0.1) is 0 Å². The SMILES string of the molecule is CC(NC(=O)CNS(=O)(=O)c1cccs1)c1nnc(N)s1. The summed E-state index contributed by atoms with van der Waals surface area (Å²) in [4.78, 5) is 11.7. The van der Waals surface area contributed by atoms with Gasteiger partial charge in [0.25, 0.3) is 10.0 Å². The van der Waals surface area contributed by atoms with Gasteiger partial charge in [0.2, 0.25) is 11.0 Å². The Morgan fingerprint density at radius 1 is 1.48 bits per heavy atom. The van der Waals surface area contributed by atoms with Crippen molar-refractivity contribution in [2.45, 2.75) is 17.2 Å². The summed E-state index contributed by atoms with van der Waals surface area (Å²) in [7, 11) is -3.65. The Kier molecular flexibility index (Phi) is 4.88. The molecule has 0 saturated heterocycles. The van der Waals surface area contributed by atoms with Crippen molar-refractivity contribution in [2.24, 2.45) is 0 Å². The molecule has 0 bridgehead atoms. The highest BCUT2D eigenvalue weighted by molar-refractivity contribution is 7.91. The number of nitrogens with zero attached hydrogens (tertiary/aromatic N) is 2. The highest BCUT2D eigenvalue weighted by Crippen LogP contribution is 2.18. The minimum absolute atomic E-state index is 0.167. The second-order valence-corrected chi connectivity index (χ2v) is 8.01. The van der Waals surface area contributed by atoms with Crippen LogP contribution in [0.3, 0.4) is 0 Å². The number of amides is 1. The van der Waals surface area contributed by atoms with E-state index in [0.717, 1.165) is 22.7 Å². The van der Waals surface area contributed by atoms with Crippen molar-refractivity contribution in [1.29, 1.82) is 0 Å². The number of carbonyl (C=O) groups excluding carboxylic acids is 1. The van der Waals surface area contributed by atoms with Crippen LogP contribution in [-0.2, 0) is 14.8 Å². The summed E-state index contributed by atoms with van der Waals surface area (Å²) in [6.45, 7) is 1.37. The Hall–Kier alpha value is -1.56. The third-order valence-electron chi connectivity index (χ3n) is 2.39. The van der Waals surface area contributed by atoms with Crippen LogP contribution in [0.5, 0.6) is 0 Å². The quantitative estimate of drug-likeness (QED) is 0.691. The summed E-state index contributed by atoms with van der Waals surface area (Å²) in [5.41, 5.74) is 5.46. The van der Waals surface area contributed by atoms with E-state index in [4.69, 9.17) is 5.73 Å². The topological polar surface area (TPSA) is 127 Å². The van der Waals surface area contributed by atoms with Gasteiger partial charge in [0.1, 0.15) is 9.22 Å². The van der Waals surface area contributed by atoms with Gasteiger partial charge in [-0.1, -0.05) is 17.4 Å². The number of aromatic nitrogens is 2. The summed E-state index contributed by atoms with van der Waals surface area (Å²) >= 11 is 2.25. The Morgan fingerprint density at radius 2 is 2.24 bits per heavy atom. The molecule has 2 rings (SSSR count). The zero-order chi connectivity index (χ0) is 15.5. The lowest BCUT2D eigenvalue weighted by Crippen LogP contribution is -2.37. The normalized spacial score (nSPS) is 13.0. The summed E-state index contributed by atoms with van der Waals surface area (Å²) < 4.78 is 26.1. The number of anilines is 1. The third-order valence-corrected chi connectivity index (χ3v) is 6.12. The van der Waals surface area contributed by atoms with Gasteiger partial charge in [-0.2, -0.15) is 0 Å². The average Bonchev–Trinajstić information content (AvgIpc) is 3.07. The lowest BCUT2D eigenvalue weighted by Gasteiger charge is -2.11. The number of rotatable bonds is 6. The lowest BCUT2D eigenvalue weighted by molar-refractivity contribution is -0.120. The Morgan fingerprint density at radius 3 is 2.81 bits per heavy atom. The van der Waals surface area contributed by atoms with Crippen molar-refractivity contribution in [3.63, 3.8) is 0 Å². The van der Waals surface area contributed by atoms with Gasteiger partial charge < -0.3 is 11.1 Å². The maximum atomic E-state index is 11.8. The first-order valence-corrected chi connectivity index (χ1v) is 8.98. The fourth-order valence-electron chi connectivity index (χ4n) is 1.42. The molecule has 1 amide bonds. The predicted octanol–water partition coefficient (Wildman–Crippen LogP) is 0.337. The minimum Gasteiger partial charge on any atom is -0.374 e. The molecule has 1 atom stereocenters. The van der Waals surface area contributed by atoms with E-state index in [2.05, 4.69) is 20.2 Å². The molecule has 0 spiro atoms. The zero-order valence-electron chi connectivity index (χ0n) is 10.9. The highest BCUT2D eigenvalue weighted by Gasteiger charge is 2.18. The van der Waals surface area contributed by atoms with Crippen LogP contribution >= 0.6 is 22.7 Å². The fraction of sp³-hybridized carbons (Fsp3) is 0.300. The molecule has 0 saturated carbocycles. The Bertz CT molecular complexity index is 710. The molecule has 2 heterocycles. The van der Waals surface area contributed by atoms with Gasteiger partial charge in [0, 0.05) is 0 Å². The largest absolute Gasteiger partial charge is 0.374 e. The Balaban J connectivity index is 1.88. The summed E-state index contributed by atoms with van der Waals surface area (Å²) in [6, 6.07) is 2.71. The molecule has 114 valence electrons. The van der Waals surface area contributed by atoms with Crippen LogP contribution in [0.15, 0.2) is 21.7 Å². The molecule has 11 heteroatoms. The van der Waals surface area contributed by atoms with E-state index in [-0.39, 0.29) is 10.8 Å². The second kappa shape index (κ2) is 6.47. The van der Waals surface area contributed by atoms with E-state index in [0.29, 0.717) is 10.1 Å². The monoisotopic (exact) mass is 347 g/mol. The van der Waals surface area contributed by atoms with Gasteiger partial charge >= 0.3 is 0 Å². The van der Waals surface area contributed by atoms with E-state index < -0.39 is 22.0 Å². The molecule has 4 N–H and O–H groups in total. The number of hydrogen-bond acceptors (Lipinski definition) is 8. The predicted molar refractivity (Wildman–Crippen MR) is 80.4 cm³/mol. The first-order chi connectivity index (χ1) is 9.88. The molecule has 8 nitrogen and oxygen atoms in total. The minimum atomic E-state index is -3.65. The maximum Gasteiger partial charge on any atom is 0.250 e. The average molecular weight is 347 g/mol. The summed E-state index contributed by atoms with van der Waals surface area (Å²) in [5.74, 6) is -0.462. The van der Waals surface area contributed by atoms with Crippen LogP contribution in [0.25, 0.3) is 0 Å². The molecule has 0 aliphatic rings. The van der Waals surface area contributed by atoms with Crippen LogP contribution < -0.4 is 15.8 Å². The molecule has 0 aliphatic carbocycles. The molecular weight excluding hydrogens is 334 g/mol. The fourth-order valence-corrected chi connectivity index (χ4v) is 4.06. The van der Waals surface area contributed by atoms with Gasteiger partial charge in [-0.05, 0) is 18.4 Å². The van der Waals surface area contributed by atoms with Gasteiger partial charge in [-0.15, -0.1) is 21.5 Å². The maximum absolute atomic E-state index is 11.8. The van der Waals surface area contributed by atoms with Crippen LogP contribution in [0.1, 0.15) is 18.0 Å². The van der Waals surface area contributed by atoms with Crippen molar-refractivity contribution >= 4 is 43.7 Å². The van der Waals surface area contributed by atoms with E-state index >= 15 is 0 Å². The molecule has 2 aromatic heterocycles. The van der Waals surface area contributed by atoms with Gasteiger partial charge in [0.05, 0.1) is 12.6 Å². The molecule has 0 radical (unpaired) electrons. The van der Waals surface area contributed by atoms with Gasteiger partial charge in [-0.25, -0.2) is 13.1 Å². The van der Waals surface area contributed by atoms with Gasteiger partial charge in [-0.3, -0.25) is 4.79 Å². The zero-order valence-corrected chi connectivity index (χ0v) is 13.4. The van der Waals surface area contributed by atoms with Crippen molar-refractivity contribution < 1.29 is 13.2 Å². The second-order valence-electron chi connectivity index (χ2n) is 4.02. The van der Waals surface area contributed by atoms with E-state index in [9.17, 15) is 13.2 Å². The first-order valence-electron chi connectivity index (χ1n) is 5.80. The summed E-state index contributed by atoms with van der Waals surface area (Å²) in [5, 5.41) is 12.6. The standard InChI is InChI=1S/C10H13N5O3S3/c1-6(9-14-15-10(11)20-9)13-7(16)5-12-21(17,18)8-3-2-4-19-8/h2-4,6,12H,5H2,1H3,(H2,11,15)(H,13,16). The van der Waals surface area contributed by atoms with E-state index in [1.54, 1.807) is 18.4 Å². The Labute approximate surface area is 129 Å². The molecule has 21 heavy (non-hydrogen) atoms. The number of nitrogens with one attached hydrogen (secondary N) is 2. The summed E-state index contributed by atoms with van der Waals surface area (Å²) in [6.07, 6.45) is 0. The molecule has 2 aromatic rings. The number of carbonyl (C=O) groups is 1. The molecular formula is C10H13N5O3S3. The first kappa shape index (κ1) is 15.8. The molecule has 0 aliphatic heterocycles. The molecule has 0 fully saturated rings. The van der Waals surface area contributed by atoms with Crippen molar-refractivity contribution in [1.82, 2.24) is 20.2 Å². The van der Waals surface area contributed by atoms with Crippen LogP contribution in [-0.4, -0.2) is 31.1 Å². The molecule has 1 unspecified atom stereocenters. The third kappa shape index (κ3) is 4.20. The van der Waals surface area contributed by atoms with E-state index in [1.165, 1.54) is 6.07 Å². The number of thiophene rings is 1. The van der Waals surface area contributed by atoms with Crippen molar-refractivity contribution in [2.75, 3.05) is 12.3 Å². The van der Waals surface area contributed by atoms with Crippen LogP contribution in [0.2, 0.25) is 0 Å². The van der Waals surface area contributed by atoms with Crippen molar-refractivity contribution in [3.8, 4) is 0 Å².